The molecule has 1 aliphatic rings. The van der Waals surface area contributed by atoms with Gasteiger partial charge in [0, 0.05) is 18.7 Å². The lowest BCUT2D eigenvalue weighted by Crippen LogP contribution is -2.52. The van der Waals surface area contributed by atoms with Crippen molar-refractivity contribution in [3.05, 3.63) is 84.2 Å². The number of sulfonamides is 1. The first-order chi connectivity index (χ1) is 20.1. The Balaban J connectivity index is 1.69. The second kappa shape index (κ2) is 13.7. The normalized spacial score (nSPS) is 14.2. The van der Waals surface area contributed by atoms with Crippen molar-refractivity contribution in [2.24, 2.45) is 0 Å². The molecule has 1 N–H and O–H groups in total. The summed E-state index contributed by atoms with van der Waals surface area (Å²) in [6.45, 7) is 1.02. The Labute approximate surface area is 246 Å². The Hall–Kier alpha value is -4.12. The highest BCUT2D eigenvalue weighted by Crippen LogP contribution is 2.32. The van der Waals surface area contributed by atoms with Crippen molar-refractivity contribution >= 4 is 27.5 Å². The van der Waals surface area contributed by atoms with Gasteiger partial charge >= 0.3 is 0 Å². The van der Waals surface area contributed by atoms with Crippen molar-refractivity contribution in [3.63, 3.8) is 0 Å². The van der Waals surface area contributed by atoms with Crippen LogP contribution in [0.1, 0.15) is 38.2 Å². The molecular formula is C31H36FN3O6S. The number of rotatable bonds is 12. The standard InChI is InChI=1S/C31H36FN3O6S/c1-22(31(37)33-25-9-7-8-10-25)34(20-23-13-15-24(32)16-14-23)30(36)21-35(26-11-5-4-6-12-26)42(38,39)27-17-18-28(40-2)29(19-27)41-3/h4-6,11-19,22,25H,7-10,20-21H2,1-3H3,(H,33,37)/t22-/m1/s1. The molecule has 0 spiro atoms. The Morgan fingerprint density at radius 2 is 1.60 bits per heavy atom. The van der Waals surface area contributed by atoms with Gasteiger partial charge in [-0.15, -0.1) is 0 Å². The molecule has 4 rings (SSSR count). The summed E-state index contributed by atoms with van der Waals surface area (Å²) in [7, 11) is -1.44. The van der Waals surface area contributed by atoms with Gasteiger partial charge < -0.3 is 19.7 Å². The van der Waals surface area contributed by atoms with Crippen LogP contribution in [0.15, 0.2) is 77.7 Å². The Morgan fingerprint density at radius 1 is 0.952 bits per heavy atom. The molecule has 0 heterocycles. The fraction of sp³-hybridized carbons (Fsp3) is 0.355. The van der Waals surface area contributed by atoms with Crippen LogP contribution < -0.4 is 19.1 Å². The molecule has 11 heteroatoms. The van der Waals surface area contributed by atoms with E-state index in [-0.39, 0.29) is 34.8 Å². The molecule has 9 nitrogen and oxygen atoms in total. The highest BCUT2D eigenvalue weighted by molar-refractivity contribution is 7.92. The molecule has 3 aromatic rings. The summed E-state index contributed by atoms with van der Waals surface area (Å²) < 4.78 is 53.2. The molecule has 0 bridgehead atoms. The summed E-state index contributed by atoms with van der Waals surface area (Å²) >= 11 is 0. The highest BCUT2D eigenvalue weighted by Gasteiger charge is 2.33. The summed E-state index contributed by atoms with van der Waals surface area (Å²) in [6, 6.07) is 17.2. The number of hydrogen-bond donors (Lipinski definition) is 1. The fourth-order valence-electron chi connectivity index (χ4n) is 4.99. The molecule has 0 saturated heterocycles. The number of anilines is 1. The van der Waals surface area contributed by atoms with Crippen LogP contribution >= 0.6 is 0 Å². The number of amides is 2. The van der Waals surface area contributed by atoms with E-state index in [1.165, 1.54) is 61.6 Å². The van der Waals surface area contributed by atoms with Gasteiger partial charge in [0.1, 0.15) is 18.4 Å². The van der Waals surface area contributed by atoms with Gasteiger partial charge in [-0.1, -0.05) is 43.2 Å². The SMILES string of the molecule is COc1ccc(S(=O)(=O)N(CC(=O)N(Cc2ccc(F)cc2)[C@H](C)C(=O)NC2CCCC2)c2ccccc2)cc1OC. The Morgan fingerprint density at radius 3 is 2.21 bits per heavy atom. The largest absolute Gasteiger partial charge is 0.493 e. The lowest BCUT2D eigenvalue weighted by molar-refractivity contribution is -0.139. The Kier molecular flexibility index (Phi) is 10.1. The second-order valence-corrected chi connectivity index (χ2v) is 12.0. The van der Waals surface area contributed by atoms with Crippen molar-refractivity contribution in [1.82, 2.24) is 10.2 Å². The maximum absolute atomic E-state index is 14.0. The van der Waals surface area contributed by atoms with E-state index in [9.17, 15) is 22.4 Å². The molecule has 42 heavy (non-hydrogen) atoms. The molecule has 1 fully saturated rings. The van der Waals surface area contributed by atoms with Crippen LogP contribution in [0.2, 0.25) is 0 Å². The number of methoxy groups -OCH3 is 2. The first-order valence-corrected chi connectivity index (χ1v) is 15.2. The predicted molar refractivity (Wildman–Crippen MR) is 157 cm³/mol. The molecule has 0 unspecified atom stereocenters. The van der Waals surface area contributed by atoms with Crippen LogP contribution in [0.25, 0.3) is 0 Å². The van der Waals surface area contributed by atoms with Crippen molar-refractivity contribution in [2.75, 3.05) is 25.1 Å². The number of carbonyl (C=O) groups excluding carboxylic acids is 2. The quantitative estimate of drug-likeness (QED) is 0.329. The minimum absolute atomic E-state index is 0.0165. The number of ether oxygens (including phenoxy) is 2. The highest BCUT2D eigenvalue weighted by atomic mass is 32.2. The predicted octanol–water partition coefficient (Wildman–Crippen LogP) is 4.51. The topological polar surface area (TPSA) is 105 Å². The van der Waals surface area contributed by atoms with E-state index in [1.54, 1.807) is 37.3 Å². The molecule has 0 radical (unpaired) electrons. The second-order valence-electron chi connectivity index (χ2n) is 10.2. The molecule has 1 aliphatic carbocycles. The third-order valence-corrected chi connectivity index (χ3v) is 9.17. The summed E-state index contributed by atoms with van der Waals surface area (Å²) in [5.74, 6) is -0.785. The van der Waals surface area contributed by atoms with Gasteiger partial charge in [0.2, 0.25) is 11.8 Å². The number of carbonyl (C=O) groups is 2. The number of para-hydroxylation sites is 1. The zero-order chi connectivity index (χ0) is 30.3. The average molecular weight is 598 g/mol. The van der Waals surface area contributed by atoms with Gasteiger partial charge in [-0.25, -0.2) is 12.8 Å². The molecule has 0 aliphatic heterocycles. The number of benzene rings is 3. The van der Waals surface area contributed by atoms with Crippen LogP contribution in [0, 0.1) is 5.82 Å². The van der Waals surface area contributed by atoms with E-state index < -0.39 is 34.3 Å². The minimum Gasteiger partial charge on any atom is -0.493 e. The summed E-state index contributed by atoms with van der Waals surface area (Å²) in [4.78, 5) is 28.5. The number of nitrogens with zero attached hydrogens (tertiary/aromatic N) is 2. The first-order valence-electron chi connectivity index (χ1n) is 13.8. The molecule has 3 aromatic carbocycles. The van der Waals surface area contributed by atoms with Crippen LogP contribution in [-0.2, 0) is 26.2 Å². The van der Waals surface area contributed by atoms with Gasteiger partial charge in [0.15, 0.2) is 11.5 Å². The van der Waals surface area contributed by atoms with E-state index in [0.29, 0.717) is 11.3 Å². The van der Waals surface area contributed by atoms with E-state index in [2.05, 4.69) is 5.32 Å². The Bertz CT molecular complexity index is 1480. The number of halogens is 1. The molecular weight excluding hydrogens is 561 g/mol. The van der Waals surface area contributed by atoms with E-state index in [0.717, 1.165) is 30.0 Å². The third kappa shape index (κ3) is 7.20. The van der Waals surface area contributed by atoms with Crippen molar-refractivity contribution in [3.8, 4) is 11.5 Å². The van der Waals surface area contributed by atoms with Crippen LogP contribution in [-0.4, -0.2) is 58.0 Å². The molecule has 1 atom stereocenters. The lowest BCUT2D eigenvalue weighted by atomic mass is 10.1. The zero-order valence-corrected chi connectivity index (χ0v) is 24.8. The van der Waals surface area contributed by atoms with Crippen LogP contribution in [0.5, 0.6) is 11.5 Å². The molecule has 224 valence electrons. The minimum atomic E-state index is -4.28. The van der Waals surface area contributed by atoms with Crippen LogP contribution in [0.3, 0.4) is 0 Å². The van der Waals surface area contributed by atoms with Crippen molar-refractivity contribution < 1.29 is 31.9 Å². The van der Waals surface area contributed by atoms with Gasteiger partial charge in [-0.2, -0.15) is 0 Å². The van der Waals surface area contributed by atoms with Gasteiger partial charge in [0.25, 0.3) is 10.0 Å². The van der Waals surface area contributed by atoms with Gasteiger partial charge in [-0.05, 0) is 61.7 Å². The maximum atomic E-state index is 14.0. The third-order valence-electron chi connectivity index (χ3n) is 7.40. The van der Waals surface area contributed by atoms with E-state index in [1.807, 2.05) is 0 Å². The summed E-state index contributed by atoms with van der Waals surface area (Å²) in [5.41, 5.74) is 0.865. The van der Waals surface area contributed by atoms with Crippen LogP contribution in [0.4, 0.5) is 10.1 Å². The van der Waals surface area contributed by atoms with Gasteiger partial charge in [-0.3, -0.25) is 13.9 Å². The maximum Gasteiger partial charge on any atom is 0.264 e. The molecule has 2 amide bonds. The smallest absolute Gasteiger partial charge is 0.264 e. The monoisotopic (exact) mass is 597 g/mol. The molecule has 1 saturated carbocycles. The zero-order valence-electron chi connectivity index (χ0n) is 24.0. The number of hydrogen-bond acceptors (Lipinski definition) is 6. The summed E-state index contributed by atoms with van der Waals surface area (Å²) in [5, 5.41) is 3.02. The van der Waals surface area contributed by atoms with E-state index in [4.69, 9.17) is 9.47 Å². The first kappa shape index (κ1) is 30.8. The summed E-state index contributed by atoms with van der Waals surface area (Å²) in [6.07, 6.45) is 3.79. The van der Waals surface area contributed by atoms with Crippen molar-refractivity contribution in [1.29, 1.82) is 0 Å². The van der Waals surface area contributed by atoms with Crippen molar-refractivity contribution in [2.45, 2.75) is 56.1 Å². The lowest BCUT2D eigenvalue weighted by Gasteiger charge is -2.32. The number of nitrogens with one attached hydrogen (secondary N) is 1. The fourth-order valence-corrected chi connectivity index (χ4v) is 6.42. The average Bonchev–Trinajstić information content (AvgIpc) is 3.52. The van der Waals surface area contributed by atoms with E-state index >= 15 is 0 Å². The molecule has 0 aromatic heterocycles. The van der Waals surface area contributed by atoms with Gasteiger partial charge in [0.05, 0.1) is 24.8 Å².